The standard InChI is InChI=1S/C22H26F6/c1-13-2-4-14(5-3-13)15-6-8-16(9-7-15)17-10-18(23)21(19(24)11-17)20(25)12-22(26,27)28/h10-16H,2-9H2,1H3/b20-12-. The van der Waals surface area contributed by atoms with Crippen molar-refractivity contribution in [1.29, 1.82) is 0 Å². The van der Waals surface area contributed by atoms with E-state index in [0.29, 0.717) is 11.5 Å². The Morgan fingerprint density at radius 3 is 1.79 bits per heavy atom. The van der Waals surface area contributed by atoms with E-state index in [4.69, 9.17) is 0 Å². The van der Waals surface area contributed by atoms with Gasteiger partial charge < -0.3 is 0 Å². The van der Waals surface area contributed by atoms with E-state index in [1.165, 1.54) is 25.7 Å². The summed E-state index contributed by atoms with van der Waals surface area (Å²) >= 11 is 0. The topological polar surface area (TPSA) is 0 Å². The van der Waals surface area contributed by atoms with E-state index in [0.717, 1.165) is 49.7 Å². The van der Waals surface area contributed by atoms with Gasteiger partial charge in [0.1, 0.15) is 17.5 Å². The molecule has 0 saturated heterocycles. The van der Waals surface area contributed by atoms with E-state index in [1.54, 1.807) is 0 Å². The van der Waals surface area contributed by atoms with Gasteiger partial charge in [-0.25, -0.2) is 13.2 Å². The maximum absolute atomic E-state index is 14.2. The van der Waals surface area contributed by atoms with Crippen molar-refractivity contribution in [1.82, 2.24) is 0 Å². The fourth-order valence-corrected chi connectivity index (χ4v) is 4.95. The minimum Gasteiger partial charge on any atom is -0.206 e. The average molecular weight is 404 g/mol. The van der Waals surface area contributed by atoms with Crippen LogP contribution >= 0.6 is 0 Å². The van der Waals surface area contributed by atoms with Crippen LogP contribution in [0.1, 0.15) is 75.3 Å². The number of alkyl halides is 3. The third kappa shape index (κ3) is 5.12. The smallest absolute Gasteiger partial charge is 0.206 e. The van der Waals surface area contributed by atoms with E-state index in [-0.39, 0.29) is 5.92 Å². The monoisotopic (exact) mass is 404 g/mol. The maximum Gasteiger partial charge on any atom is 0.412 e. The van der Waals surface area contributed by atoms with Crippen LogP contribution in [0.25, 0.3) is 5.83 Å². The van der Waals surface area contributed by atoms with Crippen LogP contribution in [0.15, 0.2) is 18.2 Å². The summed E-state index contributed by atoms with van der Waals surface area (Å²) in [6.07, 6.45) is 2.93. The van der Waals surface area contributed by atoms with E-state index in [9.17, 15) is 26.3 Å². The van der Waals surface area contributed by atoms with Crippen LogP contribution in [-0.2, 0) is 0 Å². The second kappa shape index (κ2) is 8.50. The van der Waals surface area contributed by atoms with E-state index < -0.39 is 35.3 Å². The number of halogens is 6. The highest BCUT2D eigenvalue weighted by atomic mass is 19.4. The summed E-state index contributed by atoms with van der Waals surface area (Å²) in [6.45, 7) is 2.28. The minimum atomic E-state index is -4.98. The van der Waals surface area contributed by atoms with Crippen LogP contribution in [-0.4, -0.2) is 6.18 Å². The molecule has 156 valence electrons. The molecule has 1 aromatic rings. The summed E-state index contributed by atoms with van der Waals surface area (Å²) in [5, 5.41) is 0. The molecule has 2 fully saturated rings. The summed E-state index contributed by atoms with van der Waals surface area (Å²) in [5.41, 5.74) is -0.833. The Kier molecular flexibility index (Phi) is 6.45. The predicted octanol–water partition coefficient (Wildman–Crippen LogP) is 7.94. The molecule has 0 spiro atoms. The Labute approximate surface area is 162 Å². The van der Waals surface area contributed by atoms with Crippen molar-refractivity contribution in [2.75, 3.05) is 0 Å². The highest BCUT2D eigenvalue weighted by molar-refractivity contribution is 5.61. The van der Waals surface area contributed by atoms with Gasteiger partial charge in [-0.1, -0.05) is 19.8 Å². The molecule has 0 amide bonds. The second-order valence-electron chi connectivity index (χ2n) is 8.53. The van der Waals surface area contributed by atoms with Crippen molar-refractivity contribution in [2.24, 2.45) is 17.8 Å². The molecule has 0 aromatic heterocycles. The molecular weight excluding hydrogens is 378 g/mol. The summed E-state index contributed by atoms with van der Waals surface area (Å²) in [4.78, 5) is 0. The zero-order chi connectivity index (χ0) is 20.5. The lowest BCUT2D eigenvalue weighted by atomic mass is 9.68. The van der Waals surface area contributed by atoms with Crippen LogP contribution in [0.5, 0.6) is 0 Å². The molecule has 2 aliphatic rings. The molecule has 1 aromatic carbocycles. The van der Waals surface area contributed by atoms with Crippen molar-refractivity contribution in [3.63, 3.8) is 0 Å². The molecule has 0 aliphatic heterocycles. The molecule has 0 bridgehead atoms. The summed E-state index contributed by atoms with van der Waals surface area (Å²) in [7, 11) is 0. The van der Waals surface area contributed by atoms with E-state index >= 15 is 0 Å². The van der Waals surface area contributed by atoms with Gasteiger partial charge >= 0.3 is 6.18 Å². The first-order valence-electron chi connectivity index (χ1n) is 10.1. The summed E-state index contributed by atoms with van der Waals surface area (Å²) in [6, 6.07) is 1.99. The molecule has 28 heavy (non-hydrogen) atoms. The summed E-state index contributed by atoms with van der Waals surface area (Å²) in [5.74, 6) is -2.37. The molecule has 3 rings (SSSR count). The van der Waals surface area contributed by atoms with Gasteiger partial charge in [0.2, 0.25) is 0 Å². The van der Waals surface area contributed by atoms with Crippen molar-refractivity contribution in [3.05, 3.63) is 41.0 Å². The molecule has 0 unspecified atom stereocenters. The van der Waals surface area contributed by atoms with E-state index in [1.807, 2.05) is 0 Å². The lowest BCUT2D eigenvalue weighted by Crippen LogP contribution is -2.24. The minimum absolute atomic E-state index is 0.0357. The van der Waals surface area contributed by atoms with Gasteiger partial charge in [0.15, 0.2) is 0 Å². The lowest BCUT2D eigenvalue weighted by Gasteiger charge is -2.37. The molecule has 6 heteroatoms. The Hall–Kier alpha value is -1.46. The Morgan fingerprint density at radius 2 is 1.32 bits per heavy atom. The number of benzene rings is 1. The van der Waals surface area contributed by atoms with Gasteiger partial charge in [0.25, 0.3) is 0 Å². The molecular formula is C22H26F6. The van der Waals surface area contributed by atoms with Gasteiger partial charge in [-0.15, -0.1) is 0 Å². The average Bonchev–Trinajstić information content (AvgIpc) is 2.60. The molecule has 0 nitrogen and oxygen atoms in total. The van der Waals surface area contributed by atoms with Crippen molar-refractivity contribution in [3.8, 4) is 0 Å². The van der Waals surface area contributed by atoms with Crippen molar-refractivity contribution in [2.45, 2.75) is 70.4 Å². The Morgan fingerprint density at radius 1 is 0.857 bits per heavy atom. The molecule has 0 radical (unpaired) electrons. The van der Waals surface area contributed by atoms with Gasteiger partial charge in [0, 0.05) is 0 Å². The third-order valence-corrected chi connectivity index (χ3v) is 6.56. The maximum atomic E-state index is 14.2. The molecule has 0 N–H and O–H groups in total. The normalized spacial score (nSPS) is 29.8. The number of hydrogen-bond acceptors (Lipinski definition) is 0. The highest BCUT2D eigenvalue weighted by Gasteiger charge is 2.32. The number of hydrogen-bond donors (Lipinski definition) is 0. The third-order valence-electron chi connectivity index (χ3n) is 6.56. The molecule has 2 saturated carbocycles. The fourth-order valence-electron chi connectivity index (χ4n) is 4.95. The van der Waals surface area contributed by atoms with Crippen LogP contribution in [0.3, 0.4) is 0 Å². The van der Waals surface area contributed by atoms with Gasteiger partial charge in [-0.05, 0) is 79.9 Å². The fraction of sp³-hybridized carbons (Fsp3) is 0.636. The van der Waals surface area contributed by atoms with Crippen LogP contribution in [0.4, 0.5) is 26.3 Å². The highest BCUT2D eigenvalue weighted by Crippen LogP contribution is 2.44. The Bertz CT molecular complexity index is 681. The van der Waals surface area contributed by atoms with E-state index in [2.05, 4.69) is 6.92 Å². The van der Waals surface area contributed by atoms with Crippen molar-refractivity contribution >= 4 is 5.83 Å². The molecule has 0 atom stereocenters. The molecule has 2 aliphatic carbocycles. The van der Waals surface area contributed by atoms with Gasteiger partial charge in [-0.3, -0.25) is 0 Å². The van der Waals surface area contributed by atoms with Crippen LogP contribution in [0.2, 0.25) is 0 Å². The SMILES string of the molecule is CC1CCC(C2CCC(c3cc(F)c(/C(F)=C/C(F)(F)F)c(F)c3)CC2)CC1. The predicted molar refractivity (Wildman–Crippen MR) is 97.3 cm³/mol. The lowest BCUT2D eigenvalue weighted by molar-refractivity contribution is -0.0798. The second-order valence-corrected chi connectivity index (χ2v) is 8.53. The van der Waals surface area contributed by atoms with Crippen LogP contribution in [0, 0.1) is 29.4 Å². The van der Waals surface area contributed by atoms with Gasteiger partial charge in [-0.2, -0.15) is 13.2 Å². The molecule has 0 heterocycles. The quantitative estimate of drug-likeness (QED) is 0.449. The number of allylic oxidation sites excluding steroid dienone is 1. The largest absolute Gasteiger partial charge is 0.412 e. The number of rotatable bonds is 3. The first-order chi connectivity index (χ1) is 13.1. The zero-order valence-corrected chi connectivity index (χ0v) is 16.0. The summed E-state index contributed by atoms with van der Waals surface area (Å²) < 4.78 is 78.9. The Balaban J connectivity index is 1.68. The zero-order valence-electron chi connectivity index (χ0n) is 16.0. The van der Waals surface area contributed by atoms with Crippen molar-refractivity contribution < 1.29 is 26.3 Å². The van der Waals surface area contributed by atoms with Crippen LogP contribution < -0.4 is 0 Å². The first-order valence-corrected chi connectivity index (χ1v) is 10.1. The first kappa shape index (κ1) is 21.3. The van der Waals surface area contributed by atoms with Gasteiger partial charge in [0.05, 0.1) is 11.6 Å².